The highest BCUT2D eigenvalue weighted by atomic mass is 35.5. The Kier molecular flexibility index (Phi) is 4.18. The van der Waals surface area contributed by atoms with Crippen molar-refractivity contribution in [3.8, 4) is 0 Å². The Hall–Kier alpha value is -0.730. The van der Waals surface area contributed by atoms with Crippen LogP contribution in [0.5, 0.6) is 0 Å². The normalized spacial score (nSPS) is 26.2. The van der Waals surface area contributed by atoms with Crippen LogP contribution in [-0.4, -0.2) is 12.6 Å². The van der Waals surface area contributed by atoms with E-state index in [0.29, 0.717) is 6.04 Å². The highest BCUT2D eigenvalue weighted by Crippen LogP contribution is 2.31. The second-order valence-electron chi connectivity index (χ2n) is 5.67. The van der Waals surface area contributed by atoms with Gasteiger partial charge in [-0.2, -0.15) is 0 Å². The molecule has 2 rings (SSSR count). The molecule has 0 amide bonds. The van der Waals surface area contributed by atoms with Crippen LogP contribution in [0.3, 0.4) is 0 Å². The molecule has 3 atom stereocenters. The third kappa shape index (κ3) is 2.81. The molecule has 0 aromatic heterocycles. The molecule has 0 saturated carbocycles. The number of anilines is 1. The number of benzene rings is 1. The van der Waals surface area contributed by atoms with Crippen LogP contribution in [-0.2, 0) is 0 Å². The number of nitrogens with zero attached hydrogens (tertiary/aromatic N) is 1. The van der Waals surface area contributed by atoms with Crippen molar-refractivity contribution in [3.63, 3.8) is 0 Å². The van der Waals surface area contributed by atoms with E-state index in [-0.39, 0.29) is 6.04 Å². The molecule has 2 N–H and O–H groups in total. The first-order valence-electron chi connectivity index (χ1n) is 6.80. The Morgan fingerprint density at radius 2 is 2.11 bits per heavy atom. The van der Waals surface area contributed by atoms with Gasteiger partial charge in [-0.25, -0.2) is 0 Å². The Labute approximate surface area is 115 Å². The molecule has 1 aromatic carbocycles. The van der Waals surface area contributed by atoms with Crippen LogP contribution in [0.4, 0.5) is 5.69 Å². The maximum absolute atomic E-state index is 6.31. The van der Waals surface area contributed by atoms with Gasteiger partial charge in [0, 0.05) is 29.3 Å². The molecule has 18 heavy (non-hydrogen) atoms. The lowest BCUT2D eigenvalue weighted by molar-refractivity contribution is 0.378. The molecule has 1 aliphatic rings. The summed E-state index contributed by atoms with van der Waals surface area (Å²) in [6.07, 6.45) is 2.52. The van der Waals surface area contributed by atoms with E-state index in [1.54, 1.807) is 0 Å². The number of hydrogen-bond donors (Lipinski definition) is 1. The summed E-state index contributed by atoms with van der Waals surface area (Å²) in [6.45, 7) is 7.71. The zero-order valence-corrected chi connectivity index (χ0v) is 12.2. The standard InChI is InChI=1S/C15H23ClN2/c1-10-6-7-18(11(2)8-10)13-4-5-14(12(3)17)15(16)9-13/h4-5,9-12H,6-8,17H2,1-3H3. The molecule has 3 heteroatoms. The van der Waals surface area contributed by atoms with Gasteiger partial charge in [-0.3, -0.25) is 0 Å². The minimum Gasteiger partial charge on any atom is -0.369 e. The van der Waals surface area contributed by atoms with Crippen LogP contribution in [0, 0.1) is 5.92 Å². The van der Waals surface area contributed by atoms with Crippen LogP contribution in [0.1, 0.15) is 45.2 Å². The monoisotopic (exact) mass is 266 g/mol. The number of halogens is 1. The van der Waals surface area contributed by atoms with Crippen molar-refractivity contribution >= 4 is 17.3 Å². The molecule has 1 aliphatic heterocycles. The quantitative estimate of drug-likeness (QED) is 0.877. The third-order valence-corrected chi connectivity index (χ3v) is 4.27. The molecule has 1 saturated heterocycles. The second-order valence-corrected chi connectivity index (χ2v) is 6.07. The van der Waals surface area contributed by atoms with Gasteiger partial charge in [-0.05, 0) is 50.3 Å². The average Bonchev–Trinajstić information content (AvgIpc) is 2.28. The molecule has 1 fully saturated rings. The highest BCUT2D eigenvalue weighted by molar-refractivity contribution is 6.31. The van der Waals surface area contributed by atoms with Gasteiger partial charge in [0.2, 0.25) is 0 Å². The fraction of sp³-hybridized carbons (Fsp3) is 0.600. The molecule has 2 nitrogen and oxygen atoms in total. The average molecular weight is 267 g/mol. The molecule has 3 unspecified atom stereocenters. The molecule has 100 valence electrons. The Balaban J connectivity index is 2.21. The topological polar surface area (TPSA) is 29.3 Å². The van der Waals surface area contributed by atoms with E-state index >= 15 is 0 Å². The summed E-state index contributed by atoms with van der Waals surface area (Å²) in [5.41, 5.74) is 8.14. The first-order chi connectivity index (χ1) is 8.49. The summed E-state index contributed by atoms with van der Waals surface area (Å²) in [6, 6.07) is 6.85. The van der Waals surface area contributed by atoms with Gasteiger partial charge in [0.1, 0.15) is 0 Å². The lowest BCUT2D eigenvalue weighted by atomic mass is 9.93. The van der Waals surface area contributed by atoms with Crippen molar-refractivity contribution in [2.45, 2.75) is 45.7 Å². The zero-order chi connectivity index (χ0) is 13.3. The smallest absolute Gasteiger partial charge is 0.0474 e. The van der Waals surface area contributed by atoms with E-state index in [1.165, 1.54) is 18.5 Å². The predicted octanol–water partition coefficient (Wildman–Crippen LogP) is 3.98. The van der Waals surface area contributed by atoms with E-state index in [1.807, 2.05) is 6.92 Å². The van der Waals surface area contributed by atoms with Gasteiger partial charge in [0.25, 0.3) is 0 Å². The van der Waals surface area contributed by atoms with Crippen LogP contribution in [0.2, 0.25) is 5.02 Å². The second kappa shape index (κ2) is 5.50. The lowest BCUT2D eigenvalue weighted by Crippen LogP contribution is -2.40. The molecular weight excluding hydrogens is 244 g/mol. The molecule has 1 aromatic rings. The molecular formula is C15H23ClN2. The van der Waals surface area contributed by atoms with Crippen molar-refractivity contribution < 1.29 is 0 Å². The molecule has 0 bridgehead atoms. The number of piperidine rings is 1. The highest BCUT2D eigenvalue weighted by Gasteiger charge is 2.23. The van der Waals surface area contributed by atoms with Crippen molar-refractivity contribution in [3.05, 3.63) is 28.8 Å². The Morgan fingerprint density at radius 3 is 2.67 bits per heavy atom. The summed E-state index contributed by atoms with van der Waals surface area (Å²) in [7, 11) is 0. The van der Waals surface area contributed by atoms with E-state index < -0.39 is 0 Å². The van der Waals surface area contributed by atoms with Crippen LogP contribution >= 0.6 is 11.6 Å². The molecule has 0 spiro atoms. The molecule has 1 heterocycles. The van der Waals surface area contributed by atoms with Crippen molar-refractivity contribution in [1.82, 2.24) is 0 Å². The summed E-state index contributed by atoms with van der Waals surface area (Å²) in [5.74, 6) is 0.829. The van der Waals surface area contributed by atoms with Crippen LogP contribution < -0.4 is 10.6 Å². The van der Waals surface area contributed by atoms with Gasteiger partial charge >= 0.3 is 0 Å². The summed E-state index contributed by atoms with van der Waals surface area (Å²) in [4.78, 5) is 2.46. The van der Waals surface area contributed by atoms with Gasteiger partial charge in [-0.1, -0.05) is 24.6 Å². The molecule has 0 aliphatic carbocycles. The Bertz CT molecular complexity index is 417. The summed E-state index contributed by atoms with van der Waals surface area (Å²) in [5, 5.41) is 0.785. The molecule has 0 radical (unpaired) electrons. The van der Waals surface area contributed by atoms with Gasteiger partial charge in [-0.15, -0.1) is 0 Å². The van der Waals surface area contributed by atoms with Gasteiger partial charge in [0.15, 0.2) is 0 Å². The Morgan fingerprint density at radius 1 is 1.39 bits per heavy atom. The predicted molar refractivity (Wildman–Crippen MR) is 79.3 cm³/mol. The maximum Gasteiger partial charge on any atom is 0.0474 e. The van der Waals surface area contributed by atoms with E-state index in [4.69, 9.17) is 17.3 Å². The van der Waals surface area contributed by atoms with Gasteiger partial charge in [0.05, 0.1) is 0 Å². The zero-order valence-electron chi connectivity index (χ0n) is 11.5. The van der Waals surface area contributed by atoms with E-state index in [0.717, 1.165) is 23.0 Å². The third-order valence-electron chi connectivity index (χ3n) is 3.94. The minimum atomic E-state index is -0.00893. The minimum absolute atomic E-state index is 0.00893. The summed E-state index contributed by atoms with van der Waals surface area (Å²) < 4.78 is 0. The number of nitrogens with two attached hydrogens (primary N) is 1. The fourth-order valence-electron chi connectivity index (χ4n) is 2.85. The van der Waals surface area contributed by atoms with Crippen LogP contribution in [0.25, 0.3) is 0 Å². The van der Waals surface area contributed by atoms with Crippen molar-refractivity contribution in [2.75, 3.05) is 11.4 Å². The van der Waals surface area contributed by atoms with Gasteiger partial charge < -0.3 is 10.6 Å². The number of hydrogen-bond acceptors (Lipinski definition) is 2. The fourth-order valence-corrected chi connectivity index (χ4v) is 3.20. The first kappa shape index (κ1) is 13.7. The largest absolute Gasteiger partial charge is 0.369 e. The van der Waals surface area contributed by atoms with E-state index in [9.17, 15) is 0 Å². The first-order valence-corrected chi connectivity index (χ1v) is 7.18. The maximum atomic E-state index is 6.31. The van der Waals surface area contributed by atoms with Crippen LogP contribution in [0.15, 0.2) is 18.2 Å². The van der Waals surface area contributed by atoms with E-state index in [2.05, 4.69) is 36.9 Å². The summed E-state index contributed by atoms with van der Waals surface area (Å²) >= 11 is 6.31. The lowest BCUT2D eigenvalue weighted by Gasteiger charge is -2.38. The van der Waals surface area contributed by atoms with Crippen molar-refractivity contribution in [2.24, 2.45) is 11.7 Å². The SMILES string of the molecule is CC1CCN(c2ccc(C(C)N)c(Cl)c2)C(C)C1. The number of rotatable bonds is 2. The van der Waals surface area contributed by atoms with Crippen molar-refractivity contribution in [1.29, 1.82) is 0 Å².